The predicted octanol–water partition coefficient (Wildman–Crippen LogP) is 14.3. The van der Waals surface area contributed by atoms with Crippen LogP contribution >= 0.6 is 0 Å². The summed E-state index contributed by atoms with van der Waals surface area (Å²) >= 11 is 0. The van der Waals surface area contributed by atoms with Gasteiger partial charge in [-0.3, -0.25) is 4.55 Å². The normalized spacial score (nSPS) is 12.0. The molecule has 9 aromatic rings. The van der Waals surface area contributed by atoms with E-state index >= 15 is 0 Å². The molecule has 1 N–H and O–H groups in total. The van der Waals surface area contributed by atoms with E-state index in [1.54, 1.807) is 47.5 Å². The van der Waals surface area contributed by atoms with Crippen molar-refractivity contribution in [2.75, 3.05) is 38.2 Å². The molecule has 11 heteroatoms. The number of methoxy groups -OCH3 is 4. The van der Waals surface area contributed by atoms with Crippen molar-refractivity contribution in [3.05, 3.63) is 194 Å². The van der Waals surface area contributed by atoms with Crippen molar-refractivity contribution in [2.45, 2.75) is 25.1 Å². The highest BCUT2D eigenvalue weighted by atomic mass is 32.2. The summed E-state index contributed by atoms with van der Waals surface area (Å²) in [6, 6.07) is 61.7. The second-order valence-corrected chi connectivity index (χ2v) is 18.2. The average Bonchev–Trinajstić information content (AvgIpc) is 3.70. The number of benzene rings is 8. The van der Waals surface area contributed by atoms with Gasteiger partial charge in [-0.15, -0.1) is 0 Å². The number of aryl methyl sites for hydroxylation is 1. The third kappa shape index (κ3) is 9.74. The summed E-state index contributed by atoms with van der Waals surface area (Å²) < 4.78 is 59.4. The van der Waals surface area contributed by atoms with Crippen LogP contribution in [0.2, 0.25) is 0 Å². The van der Waals surface area contributed by atoms with Gasteiger partial charge in [0.25, 0.3) is 10.1 Å². The minimum atomic E-state index is -4.34. The average molecular weight is 936 g/mol. The molecule has 0 saturated heterocycles. The Morgan fingerprint density at radius 3 is 1.03 bits per heavy atom. The minimum absolute atomic E-state index is 0.180. The molecule has 1 atom stereocenters. The lowest BCUT2D eigenvalue weighted by atomic mass is 10.0. The Kier molecular flexibility index (Phi) is 13.4. The predicted molar refractivity (Wildman–Crippen MR) is 281 cm³/mol. The molecule has 0 spiro atoms. The van der Waals surface area contributed by atoms with Gasteiger partial charge in [0.05, 0.1) is 28.4 Å². The molecule has 1 heterocycles. The number of allylic oxidation sites excluding steroid dienone is 1. The standard InChI is InChI=1S/C58H53N3O7S/c1-6-7-54(69(62,63)64)36-37-59-57-38-42(40-8-14-44(15-9-40)60(46-18-26-50(65-2)27-19-46)47-20-28-51(66-3)29-21-47)12-34-55(57)56-35-13-43(39-58(56)59)41-10-16-45(17-11-41)61(48-22-30-52(67-4)31-23-48)49-24-32-53(68-5)33-25-49/h6-35,38-39,54H,36-37H2,1-5H3,(H,62,63,64)/b7-6+. The molecule has 69 heavy (non-hydrogen) atoms. The molecular weight excluding hydrogens is 883 g/mol. The molecule has 0 aliphatic carbocycles. The number of hydrogen-bond acceptors (Lipinski definition) is 8. The molecule has 0 amide bonds. The highest BCUT2D eigenvalue weighted by molar-refractivity contribution is 7.86. The Hall–Kier alpha value is -7.99. The Morgan fingerprint density at radius 1 is 0.464 bits per heavy atom. The van der Waals surface area contributed by atoms with Crippen LogP contribution in [0.4, 0.5) is 34.1 Å². The minimum Gasteiger partial charge on any atom is -0.497 e. The Balaban J connectivity index is 1.09. The van der Waals surface area contributed by atoms with Gasteiger partial charge in [0.2, 0.25) is 0 Å². The van der Waals surface area contributed by atoms with Crippen molar-refractivity contribution in [3.8, 4) is 45.3 Å². The van der Waals surface area contributed by atoms with E-state index in [2.05, 4.69) is 99.3 Å². The maximum Gasteiger partial charge on any atom is 0.271 e. The Morgan fingerprint density at radius 2 is 0.754 bits per heavy atom. The van der Waals surface area contributed by atoms with Crippen molar-refractivity contribution in [1.82, 2.24) is 4.57 Å². The molecule has 0 aliphatic heterocycles. The summed E-state index contributed by atoms with van der Waals surface area (Å²) in [5, 5.41) is 1.03. The smallest absolute Gasteiger partial charge is 0.271 e. The van der Waals surface area contributed by atoms with E-state index in [1.807, 2.05) is 97.1 Å². The first-order valence-corrected chi connectivity index (χ1v) is 24.1. The zero-order valence-corrected chi connectivity index (χ0v) is 39.9. The van der Waals surface area contributed by atoms with Crippen LogP contribution in [0.15, 0.2) is 194 Å². The lowest BCUT2D eigenvalue weighted by Gasteiger charge is -2.26. The van der Waals surface area contributed by atoms with Crippen molar-refractivity contribution in [1.29, 1.82) is 0 Å². The van der Waals surface area contributed by atoms with E-state index < -0.39 is 15.4 Å². The van der Waals surface area contributed by atoms with E-state index in [-0.39, 0.29) is 6.42 Å². The summed E-state index contributed by atoms with van der Waals surface area (Å²) in [5.41, 5.74) is 11.8. The SMILES string of the molecule is C/C=C/C(CCn1c2cc(-c3ccc(N(c4ccc(OC)cc4)c4ccc(OC)cc4)cc3)ccc2c2ccc(-c3ccc(N(c4ccc(OC)cc4)c4ccc(OC)cc4)cc3)cc21)S(=O)(=O)O. The second-order valence-electron chi connectivity index (χ2n) is 16.5. The molecule has 0 bridgehead atoms. The molecule has 0 fully saturated rings. The van der Waals surface area contributed by atoms with Crippen LogP contribution in [-0.4, -0.2) is 51.2 Å². The van der Waals surface area contributed by atoms with E-state index in [9.17, 15) is 13.0 Å². The molecule has 1 aromatic heterocycles. The fourth-order valence-electron chi connectivity index (χ4n) is 8.94. The summed E-state index contributed by atoms with van der Waals surface area (Å²) in [7, 11) is 2.30. The molecule has 10 nitrogen and oxygen atoms in total. The molecule has 1 unspecified atom stereocenters. The zero-order chi connectivity index (χ0) is 48.1. The lowest BCUT2D eigenvalue weighted by molar-refractivity contribution is 0.414. The maximum absolute atomic E-state index is 12.6. The fourth-order valence-corrected chi connectivity index (χ4v) is 9.70. The van der Waals surface area contributed by atoms with Crippen LogP contribution in [0.25, 0.3) is 44.1 Å². The van der Waals surface area contributed by atoms with Crippen LogP contribution in [0.1, 0.15) is 13.3 Å². The van der Waals surface area contributed by atoms with Crippen LogP contribution in [0.5, 0.6) is 23.0 Å². The highest BCUT2D eigenvalue weighted by Crippen LogP contribution is 2.41. The number of anilines is 6. The number of hydrogen-bond donors (Lipinski definition) is 1. The number of ether oxygens (including phenoxy) is 4. The maximum atomic E-state index is 12.6. The highest BCUT2D eigenvalue weighted by Gasteiger charge is 2.22. The Bertz CT molecular complexity index is 3040. The zero-order valence-electron chi connectivity index (χ0n) is 39.1. The molecule has 348 valence electrons. The first kappa shape index (κ1) is 46.1. The molecule has 8 aromatic carbocycles. The summed E-state index contributed by atoms with van der Waals surface area (Å²) in [6.45, 7) is 2.10. The van der Waals surface area contributed by atoms with Gasteiger partial charge < -0.3 is 33.3 Å². The molecule has 0 saturated carbocycles. The van der Waals surface area contributed by atoms with Gasteiger partial charge in [-0.25, -0.2) is 0 Å². The van der Waals surface area contributed by atoms with Gasteiger partial charge in [-0.1, -0.05) is 60.7 Å². The monoisotopic (exact) mass is 935 g/mol. The molecular formula is C58H53N3O7S. The second kappa shape index (κ2) is 20.1. The van der Waals surface area contributed by atoms with Gasteiger partial charge >= 0.3 is 0 Å². The van der Waals surface area contributed by atoms with Gasteiger partial charge in [0.15, 0.2) is 0 Å². The topological polar surface area (TPSA) is 103 Å². The number of aromatic nitrogens is 1. The molecule has 9 rings (SSSR count). The van der Waals surface area contributed by atoms with E-state index in [0.29, 0.717) is 6.54 Å². The van der Waals surface area contributed by atoms with Crippen molar-refractivity contribution in [3.63, 3.8) is 0 Å². The van der Waals surface area contributed by atoms with Crippen molar-refractivity contribution in [2.24, 2.45) is 0 Å². The summed E-state index contributed by atoms with van der Waals surface area (Å²) in [6.07, 6.45) is 3.40. The van der Waals surface area contributed by atoms with Gasteiger partial charge in [-0.2, -0.15) is 8.42 Å². The van der Waals surface area contributed by atoms with Crippen LogP contribution in [-0.2, 0) is 16.7 Å². The largest absolute Gasteiger partial charge is 0.497 e. The number of fused-ring (bicyclic) bond motifs is 3. The van der Waals surface area contributed by atoms with Crippen LogP contribution in [0, 0.1) is 0 Å². The van der Waals surface area contributed by atoms with E-state index in [1.165, 1.54) is 0 Å². The third-order valence-electron chi connectivity index (χ3n) is 12.5. The van der Waals surface area contributed by atoms with Gasteiger partial charge in [0.1, 0.15) is 28.2 Å². The van der Waals surface area contributed by atoms with Crippen LogP contribution < -0.4 is 28.7 Å². The molecule has 0 radical (unpaired) electrons. The molecule has 0 aliphatic rings. The first-order valence-electron chi connectivity index (χ1n) is 22.6. The van der Waals surface area contributed by atoms with E-state index in [0.717, 1.165) is 101 Å². The first-order chi connectivity index (χ1) is 33.6. The van der Waals surface area contributed by atoms with Crippen molar-refractivity contribution < 1.29 is 31.9 Å². The third-order valence-corrected chi connectivity index (χ3v) is 13.7. The number of nitrogens with zero attached hydrogens (tertiary/aromatic N) is 3. The Labute approximate surface area is 403 Å². The van der Waals surface area contributed by atoms with Crippen LogP contribution in [0.3, 0.4) is 0 Å². The van der Waals surface area contributed by atoms with E-state index in [4.69, 9.17) is 18.9 Å². The summed E-state index contributed by atoms with van der Waals surface area (Å²) in [4.78, 5) is 4.37. The van der Waals surface area contributed by atoms with Gasteiger partial charge in [-0.05, 0) is 169 Å². The quantitative estimate of drug-likeness (QED) is 0.0706. The fraction of sp³-hybridized carbons (Fsp3) is 0.138. The summed E-state index contributed by atoms with van der Waals surface area (Å²) in [5.74, 6) is 3.10. The lowest BCUT2D eigenvalue weighted by Crippen LogP contribution is -2.20. The van der Waals surface area contributed by atoms with Crippen molar-refractivity contribution >= 4 is 66.0 Å². The number of rotatable bonds is 17. The van der Waals surface area contributed by atoms with Gasteiger partial charge in [0, 0.05) is 62.5 Å².